The number of likely N-dealkylation sites (N-methyl/N-ethyl adjacent to an activating group) is 1. The van der Waals surface area contributed by atoms with Crippen LogP contribution in [-0.4, -0.2) is 63.3 Å². The first-order valence-electron chi connectivity index (χ1n) is 16.4. The average molecular weight is 543 g/mol. The van der Waals surface area contributed by atoms with Crippen molar-refractivity contribution in [3.8, 4) is 11.8 Å². The Balaban J connectivity index is 1.50. The molecule has 1 aliphatic heterocycles. The summed E-state index contributed by atoms with van der Waals surface area (Å²) in [5.74, 6) is 5.01. The summed E-state index contributed by atoms with van der Waals surface area (Å²) in [6.45, 7) is -16.3. The zero-order valence-electron chi connectivity index (χ0n) is 30.6. The minimum Gasteiger partial charge on any atom is -0.322 e. The predicted molar refractivity (Wildman–Crippen MR) is 142 cm³/mol. The smallest absolute Gasteiger partial charge is 0.322 e. The van der Waals surface area contributed by atoms with E-state index in [1.165, 1.54) is 22.8 Å². The molecule has 200 valence electrons. The molecule has 1 saturated heterocycles. The second-order valence-electron chi connectivity index (χ2n) is 8.38. The van der Waals surface area contributed by atoms with Crippen LogP contribution in [0.3, 0.4) is 0 Å². The summed E-state index contributed by atoms with van der Waals surface area (Å²) >= 11 is 0. The fraction of sp³-hybridized carbons (Fsp3) is 0.276. The molecular weight excluding hydrogens is 505 g/mol. The summed E-state index contributed by atoms with van der Waals surface area (Å²) in [5, 5.41) is 6.49. The second kappa shape index (κ2) is 10.9. The molecule has 5 rings (SSSR count). The van der Waals surface area contributed by atoms with Gasteiger partial charge < -0.3 is 10.2 Å². The van der Waals surface area contributed by atoms with Crippen LogP contribution in [0.2, 0.25) is 0 Å². The lowest BCUT2D eigenvalue weighted by molar-refractivity contribution is -0.138. The molecule has 0 radical (unpaired) electrons. The fourth-order valence-electron chi connectivity index (χ4n) is 3.58. The highest BCUT2D eigenvalue weighted by molar-refractivity contribution is 6.04. The van der Waals surface area contributed by atoms with Crippen LogP contribution in [0.15, 0.2) is 60.9 Å². The first kappa shape index (κ1) is 16.7. The summed E-state index contributed by atoms with van der Waals surface area (Å²) in [4.78, 5) is 17.0. The van der Waals surface area contributed by atoms with Crippen molar-refractivity contribution in [1.82, 2.24) is 24.4 Å². The fourth-order valence-corrected chi connectivity index (χ4v) is 3.58. The van der Waals surface area contributed by atoms with Gasteiger partial charge in [-0.2, -0.15) is 18.3 Å². The van der Waals surface area contributed by atoms with Gasteiger partial charge in [0, 0.05) is 69.2 Å². The Hall–Kier alpha value is -4.20. The monoisotopic (exact) mass is 542 g/mol. The highest BCUT2D eigenvalue weighted by Crippen LogP contribution is 2.34. The van der Waals surface area contributed by atoms with E-state index >= 15 is 0 Å². The van der Waals surface area contributed by atoms with Crippen molar-refractivity contribution in [1.29, 1.82) is 0 Å². The van der Waals surface area contributed by atoms with E-state index in [1.54, 1.807) is 31.3 Å². The van der Waals surface area contributed by atoms with Crippen LogP contribution in [-0.2, 0) is 12.7 Å². The molecule has 0 spiro atoms. The van der Waals surface area contributed by atoms with Gasteiger partial charge in [0.05, 0.1) is 11.8 Å². The number of aryl methyl sites for hydroxylation is 1. The number of carbonyl (C=O) groups excluding carboxylic acids is 1. The van der Waals surface area contributed by atoms with Crippen molar-refractivity contribution < 1.29 is 31.7 Å². The number of alkyl halides is 3. The van der Waals surface area contributed by atoms with Gasteiger partial charge >= 0.3 is 6.18 Å². The third-order valence-corrected chi connectivity index (χ3v) is 5.58. The first-order valence-corrected chi connectivity index (χ1v) is 11.4. The van der Waals surface area contributed by atoms with E-state index in [4.69, 9.17) is 13.7 Å². The molecule has 0 saturated carbocycles. The van der Waals surface area contributed by atoms with Gasteiger partial charge in [0.25, 0.3) is 5.91 Å². The van der Waals surface area contributed by atoms with Crippen molar-refractivity contribution in [3.05, 3.63) is 94.4 Å². The maximum absolute atomic E-state index is 14.5. The number of carbonyl (C=O) groups is 1. The van der Waals surface area contributed by atoms with E-state index in [9.17, 15) is 18.0 Å². The van der Waals surface area contributed by atoms with Crippen molar-refractivity contribution in [3.63, 3.8) is 0 Å². The molecule has 39 heavy (non-hydrogen) atoms. The Kier molecular flexibility index (Phi) is 4.66. The zero-order chi connectivity index (χ0) is 36.5. The normalized spacial score (nSPS) is 24.0. The minimum absolute atomic E-state index is 0.0161. The number of amides is 1. The number of benzene rings is 2. The number of anilines is 1. The number of halogens is 3. The number of nitrogens with one attached hydrogen (secondary N) is 1. The van der Waals surface area contributed by atoms with E-state index < -0.39 is 66.3 Å². The van der Waals surface area contributed by atoms with Crippen molar-refractivity contribution in [2.45, 2.75) is 19.6 Å². The number of imidazole rings is 1. The SMILES string of the molecule is [2H]C([2H])(c1ccc(NC(=O)c2ccc(C)c(C#Cc3cnc4cccnn34)c2)cc1C(F)(F)F)N1C([2H])([2H])C([2H])([2H])N(C)C([2H])([2H])C1([2H])[2H]. The number of hydrogen-bond acceptors (Lipinski definition) is 5. The molecule has 1 aliphatic rings. The van der Waals surface area contributed by atoms with Crippen LogP contribution in [0.25, 0.3) is 5.65 Å². The topological polar surface area (TPSA) is 65.8 Å². The Morgan fingerprint density at radius 1 is 1.13 bits per heavy atom. The summed E-state index contributed by atoms with van der Waals surface area (Å²) < 4.78 is 128. The number of aromatic nitrogens is 3. The van der Waals surface area contributed by atoms with Gasteiger partial charge in [-0.05, 0) is 67.4 Å². The lowest BCUT2D eigenvalue weighted by atomic mass is 10.0. The van der Waals surface area contributed by atoms with Crippen LogP contribution in [0.4, 0.5) is 18.9 Å². The van der Waals surface area contributed by atoms with Gasteiger partial charge in [-0.15, -0.1) is 0 Å². The number of rotatable bonds is 4. The largest absolute Gasteiger partial charge is 0.416 e. The Morgan fingerprint density at radius 2 is 1.92 bits per heavy atom. The third kappa shape index (κ3) is 6.11. The van der Waals surface area contributed by atoms with Crippen LogP contribution < -0.4 is 5.32 Å². The Morgan fingerprint density at radius 3 is 2.69 bits per heavy atom. The zero-order valence-corrected chi connectivity index (χ0v) is 20.6. The maximum Gasteiger partial charge on any atom is 0.416 e. The Bertz CT molecular complexity index is 1990. The van der Waals surface area contributed by atoms with Crippen molar-refractivity contribution in [2.24, 2.45) is 0 Å². The molecule has 1 amide bonds. The minimum atomic E-state index is -5.34. The average Bonchev–Trinajstić information content (AvgIpc) is 3.41. The van der Waals surface area contributed by atoms with E-state index in [-0.39, 0.29) is 10.5 Å². The van der Waals surface area contributed by atoms with Crippen LogP contribution in [0, 0.1) is 18.8 Å². The summed E-state index contributed by atoms with van der Waals surface area (Å²) in [6.07, 6.45) is -2.26. The second-order valence-corrected chi connectivity index (χ2v) is 8.38. The molecule has 1 fully saturated rings. The molecule has 1 N–H and O–H groups in total. The van der Waals surface area contributed by atoms with Crippen LogP contribution >= 0.6 is 0 Å². The number of hydrogen-bond donors (Lipinski definition) is 1. The number of piperazine rings is 1. The number of fused-ring (bicyclic) bond motifs is 1. The van der Waals surface area contributed by atoms with E-state index in [0.717, 1.165) is 13.1 Å². The molecule has 3 heterocycles. The first-order chi connectivity index (χ1) is 22.5. The highest BCUT2D eigenvalue weighted by Gasteiger charge is 2.34. The quantitative estimate of drug-likeness (QED) is 0.386. The van der Waals surface area contributed by atoms with Crippen LogP contribution in [0.1, 0.15) is 52.0 Å². The molecule has 7 nitrogen and oxygen atoms in total. The lowest BCUT2D eigenvalue weighted by Crippen LogP contribution is -2.44. The maximum atomic E-state index is 14.5. The molecule has 0 bridgehead atoms. The third-order valence-electron chi connectivity index (χ3n) is 5.58. The van der Waals surface area contributed by atoms with Gasteiger partial charge in [0.15, 0.2) is 5.65 Å². The summed E-state index contributed by atoms with van der Waals surface area (Å²) in [6, 6.07) is 9.69. The van der Waals surface area contributed by atoms with Gasteiger partial charge in [0.1, 0.15) is 5.69 Å². The van der Waals surface area contributed by atoms with Crippen LogP contribution in [0.5, 0.6) is 0 Å². The Labute approximate surface area is 238 Å². The van der Waals surface area contributed by atoms with Gasteiger partial charge in [-0.1, -0.05) is 18.1 Å². The van der Waals surface area contributed by atoms with Crippen molar-refractivity contribution >= 4 is 17.2 Å². The molecule has 2 aromatic heterocycles. The van der Waals surface area contributed by atoms with E-state index in [2.05, 4.69) is 27.2 Å². The van der Waals surface area contributed by atoms with E-state index in [1.807, 2.05) is 0 Å². The summed E-state index contributed by atoms with van der Waals surface area (Å²) in [5.41, 5.74) is -1.36. The van der Waals surface area contributed by atoms with Gasteiger partial charge in [0.2, 0.25) is 0 Å². The summed E-state index contributed by atoms with van der Waals surface area (Å²) in [7, 11) is 0.740. The van der Waals surface area contributed by atoms with Crippen molar-refractivity contribution in [2.75, 3.05) is 38.4 Å². The molecule has 0 aliphatic carbocycles. The molecule has 0 unspecified atom stereocenters. The molecular formula is C29H27F3N6O. The van der Waals surface area contributed by atoms with E-state index in [0.29, 0.717) is 34.6 Å². The van der Waals surface area contributed by atoms with Gasteiger partial charge in [-0.3, -0.25) is 9.69 Å². The highest BCUT2D eigenvalue weighted by atomic mass is 19.4. The molecule has 0 atom stereocenters. The number of nitrogens with zero attached hydrogens (tertiary/aromatic N) is 5. The molecule has 4 aromatic rings. The predicted octanol–water partition coefficient (Wildman–Crippen LogP) is 4.46. The standard InChI is InChI=1S/C29H27F3N6O/c1-20-5-6-22(16-21(20)8-10-25-18-33-27-4-3-11-34-38(25)27)28(39)35-24-9-7-23(26(17-24)29(30,31)32)19-37-14-12-36(2)13-15-37/h3-7,9,11,16-18H,12-15,19H2,1-2H3,(H,35,39)/i12D2,13D2,14D2,15D2,19D2. The molecule has 2 aromatic carbocycles. The lowest BCUT2D eigenvalue weighted by Gasteiger charge is -2.33. The van der Waals surface area contributed by atoms with Gasteiger partial charge in [-0.25, -0.2) is 9.50 Å². The molecule has 10 heteroatoms.